The number of nitrogens with one attached hydrogen (secondary N) is 1. The van der Waals surface area contributed by atoms with E-state index >= 15 is 0 Å². The van der Waals surface area contributed by atoms with Gasteiger partial charge in [-0.25, -0.2) is 8.70 Å². The molecule has 3 aromatic rings. The van der Waals surface area contributed by atoms with E-state index < -0.39 is 40.4 Å². The van der Waals surface area contributed by atoms with E-state index in [4.69, 9.17) is 23.2 Å². The van der Waals surface area contributed by atoms with Gasteiger partial charge in [0.25, 0.3) is 0 Å². The lowest BCUT2D eigenvalue weighted by Gasteiger charge is -2.34. The van der Waals surface area contributed by atoms with Crippen molar-refractivity contribution in [3.8, 4) is 0 Å². The molecule has 41 heavy (non-hydrogen) atoms. The van der Waals surface area contributed by atoms with Crippen molar-refractivity contribution in [2.75, 3.05) is 24.9 Å². The highest BCUT2D eigenvalue weighted by atomic mass is 35.5. The van der Waals surface area contributed by atoms with Crippen LogP contribution in [0.3, 0.4) is 0 Å². The molecule has 0 aromatic heterocycles. The first-order chi connectivity index (χ1) is 19.3. The number of carbonyl (C=O) groups excluding carboxylic acids is 2. The number of amides is 2. The molecule has 0 saturated heterocycles. The van der Waals surface area contributed by atoms with Crippen molar-refractivity contribution in [1.82, 2.24) is 14.5 Å². The zero-order valence-corrected chi connectivity index (χ0v) is 25.5. The molecule has 0 bridgehead atoms. The Hall–Kier alpha value is -3.18. The van der Waals surface area contributed by atoms with Crippen LogP contribution in [0.1, 0.15) is 25.0 Å². The molecule has 3 rings (SSSR count). The summed E-state index contributed by atoms with van der Waals surface area (Å²) in [6.07, 6.45) is 0.145. The number of anilines is 1. The number of para-hydroxylation sites is 1. The SMILES string of the molecule is CC(C)NC(=O)C(Cc1ccccc1)N(Cc1ccc(Cl)c(Cl)c1)C(=O)CN(c1ccccc1F)S(=O)(=O)N(C)C. The van der Waals surface area contributed by atoms with Crippen LogP contribution in [0.4, 0.5) is 10.1 Å². The van der Waals surface area contributed by atoms with Crippen molar-refractivity contribution in [1.29, 1.82) is 0 Å². The third kappa shape index (κ3) is 8.42. The minimum atomic E-state index is -4.31. The van der Waals surface area contributed by atoms with Gasteiger partial charge in [0.1, 0.15) is 18.4 Å². The molecule has 3 aromatic carbocycles. The molecular formula is C29H33Cl2FN4O4S. The van der Waals surface area contributed by atoms with Gasteiger partial charge in [0, 0.05) is 33.1 Å². The van der Waals surface area contributed by atoms with Crippen LogP contribution in [0.15, 0.2) is 72.8 Å². The Balaban J connectivity index is 2.12. The molecule has 220 valence electrons. The molecule has 0 aliphatic carbocycles. The average Bonchev–Trinajstić information content (AvgIpc) is 2.91. The molecule has 0 heterocycles. The van der Waals surface area contributed by atoms with Gasteiger partial charge in [0.2, 0.25) is 11.8 Å². The van der Waals surface area contributed by atoms with Gasteiger partial charge < -0.3 is 10.2 Å². The lowest BCUT2D eigenvalue weighted by Crippen LogP contribution is -2.55. The highest BCUT2D eigenvalue weighted by Crippen LogP contribution is 2.26. The number of nitrogens with zero attached hydrogens (tertiary/aromatic N) is 3. The second-order valence-corrected chi connectivity index (χ2v) is 12.8. The molecule has 1 unspecified atom stereocenters. The summed E-state index contributed by atoms with van der Waals surface area (Å²) in [6.45, 7) is 2.74. The standard InChI is InChI=1S/C29H33Cl2FN4O4S/c1-20(2)33-29(38)27(17-21-10-6-5-7-11-21)35(18-22-14-15-23(30)24(31)16-22)28(37)19-36(41(39,40)34(3)4)26-13-9-8-12-25(26)32/h5-16,20,27H,17-19H2,1-4H3,(H,33,38). The Bertz CT molecular complexity index is 1470. The normalized spacial score (nSPS) is 12.3. The van der Waals surface area contributed by atoms with Gasteiger partial charge in [-0.3, -0.25) is 9.59 Å². The van der Waals surface area contributed by atoms with Crippen molar-refractivity contribution in [3.63, 3.8) is 0 Å². The molecule has 12 heteroatoms. The Kier molecular flexibility index (Phi) is 11.1. The average molecular weight is 624 g/mol. The van der Waals surface area contributed by atoms with E-state index in [1.54, 1.807) is 32.0 Å². The third-order valence-corrected chi connectivity index (χ3v) is 8.72. The van der Waals surface area contributed by atoms with Crippen LogP contribution in [-0.2, 0) is 32.8 Å². The second kappa shape index (κ2) is 14.1. The van der Waals surface area contributed by atoms with E-state index in [2.05, 4.69) is 5.32 Å². The van der Waals surface area contributed by atoms with E-state index in [0.717, 1.165) is 15.9 Å². The van der Waals surface area contributed by atoms with Gasteiger partial charge in [-0.05, 0) is 49.2 Å². The second-order valence-electron chi connectivity index (χ2n) is 9.89. The molecule has 0 aliphatic heterocycles. The van der Waals surface area contributed by atoms with Crippen molar-refractivity contribution in [2.24, 2.45) is 0 Å². The number of hydrogen-bond donors (Lipinski definition) is 1. The maximum atomic E-state index is 14.9. The first kappa shape index (κ1) is 32.3. The summed E-state index contributed by atoms with van der Waals surface area (Å²) >= 11 is 12.3. The van der Waals surface area contributed by atoms with E-state index in [1.807, 2.05) is 30.3 Å². The Morgan fingerprint density at radius 2 is 1.54 bits per heavy atom. The maximum Gasteiger partial charge on any atom is 0.304 e. The molecule has 1 atom stereocenters. The fourth-order valence-electron chi connectivity index (χ4n) is 4.13. The molecule has 0 radical (unpaired) electrons. The predicted octanol–water partition coefficient (Wildman–Crippen LogP) is 4.91. The summed E-state index contributed by atoms with van der Waals surface area (Å²) in [4.78, 5) is 29.0. The fraction of sp³-hybridized carbons (Fsp3) is 0.310. The number of carbonyl (C=O) groups is 2. The monoisotopic (exact) mass is 622 g/mol. The van der Waals surface area contributed by atoms with Gasteiger partial charge in [-0.2, -0.15) is 12.7 Å². The first-order valence-electron chi connectivity index (χ1n) is 12.8. The summed E-state index contributed by atoms with van der Waals surface area (Å²) in [5.41, 5.74) is 1.06. The molecule has 8 nitrogen and oxygen atoms in total. The zero-order chi connectivity index (χ0) is 30.3. The van der Waals surface area contributed by atoms with E-state index in [1.165, 1.54) is 37.2 Å². The Morgan fingerprint density at radius 3 is 2.12 bits per heavy atom. The molecule has 0 saturated carbocycles. The quantitative estimate of drug-likeness (QED) is 0.311. The molecule has 2 amide bonds. The number of halogens is 3. The van der Waals surface area contributed by atoms with Gasteiger partial charge in [0.05, 0.1) is 15.7 Å². The topological polar surface area (TPSA) is 90.0 Å². The molecule has 0 fully saturated rings. The summed E-state index contributed by atoms with van der Waals surface area (Å²) in [5, 5.41) is 3.44. The van der Waals surface area contributed by atoms with Crippen molar-refractivity contribution < 1.29 is 22.4 Å². The molecule has 0 aliphatic rings. The third-order valence-electron chi connectivity index (χ3n) is 6.18. The first-order valence-corrected chi connectivity index (χ1v) is 15.0. The molecular weight excluding hydrogens is 590 g/mol. The summed E-state index contributed by atoms with van der Waals surface area (Å²) < 4.78 is 43.1. The van der Waals surface area contributed by atoms with E-state index in [-0.39, 0.29) is 29.7 Å². The number of rotatable bonds is 12. The van der Waals surface area contributed by atoms with Crippen molar-refractivity contribution in [3.05, 3.63) is 99.8 Å². The largest absolute Gasteiger partial charge is 0.352 e. The van der Waals surface area contributed by atoms with E-state index in [9.17, 15) is 22.4 Å². The molecule has 0 spiro atoms. The predicted molar refractivity (Wildman–Crippen MR) is 161 cm³/mol. The van der Waals surface area contributed by atoms with Gasteiger partial charge in [0.15, 0.2) is 0 Å². The highest BCUT2D eigenvalue weighted by molar-refractivity contribution is 7.90. The smallest absolute Gasteiger partial charge is 0.304 e. The van der Waals surface area contributed by atoms with Crippen molar-refractivity contribution in [2.45, 2.75) is 38.9 Å². The summed E-state index contributed by atoms with van der Waals surface area (Å²) in [6, 6.07) is 18.0. The lowest BCUT2D eigenvalue weighted by atomic mass is 10.0. The summed E-state index contributed by atoms with van der Waals surface area (Å²) in [5.74, 6) is -1.96. The van der Waals surface area contributed by atoms with Gasteiger partial charge in [-0.15, -0.1) is 0 Å². The minimum absolute atomic E-state index is 0.0914. The van der Waals surface area contributed by atoms with Crippen LogP contribution in [0, 0.1) is 5.82 Å². The van der Waals surface area contributed by atoms with Crippen molar-refractivity contribution >= 4 is 50.9 Å². The van der Waals surface area contributed by atoms with Gasteiger partial charge in [-0.1, -0.05) is 71.7 Å². The van der Waals surface area contributed by atoms with E-state index in [0.29, 0.717) is 14.9 Å². The Labute approximate surface area is 250 Å². The summed E-state index contributed by atoms with van der Waals surface area (Å²) in [7, 11) is -1.74. The lowest BCUT2D eigenvalue weighted by molar-refractivity contribution is -0.140. The Morgan fingerprint density at radius 1 is 0.902 bits per heavy atom. The van der Waals surface area contributed by atoms with Crippen LogP contribution < -0.4 is 9.62 Å². The van der Waals surface area contributed by atoms with Crippen LogP contribution in [0.25, 0.3) is 0 Å². The zero-order valence-electron chi connectivity index (χ0n) is 23.2. The van der Waals surface area contributed by atoms with Crippen LogP contribution in [0.2, 0.25) is 10.0 Å². The number of hydrogen-bond acceptors (Lipinski definition) is 4. The highest BCUT2D eigenvalue weighted by Gasteiger charge is 2.35. The van der Waals surface area contributed by atoms with Crippen LogP contribution in [-0.4, -0.2) is 62.2 Å². The van der Waals surface area contributed by atoms with Crippen LogP contribution in [0.5, 0.6) is 0 Å². The molecule has 1 N–H and O–H groups in total. The minimum Gasteiger partial charge on any atom is -0.352 e. The number of benzene rings is 3. The van der Waals surface area contributed by atoms with Crippen LogP contribution >= 0.6 is 23.2 Å². The fourth-order valence-corrected chi connectivity index (χ4v) is 5.51. The van der Waals surface area contributed by atoms with Gasteiger partial charge >= 0.3 is 10.2 Å². The maximum absolute atomic E-state index is 14.9.